The van der Waals surface area contributed by atoms with E-state index in [4.69, 9.17) is 14.9 Å². The molecule has 4 heterocycles. The summed E-state index contributed by atoms with van der Waals surface area (Å²) >= 11 is 0. The molecule has 0 aliphatic heterocycles. The van der Waals surface area contributed by atoms with Gasteiger partial charge >= 0.3 is 18.1 Å². The normalized spacial score (nSPS) is 11.7. The Morgan fingerprint density at radius 2 is 1.60 bits per heavy atom. The molecule has 2 N–H and O–H groups in total. The van der Waals surface area contributed by atoms with Gasteiger partial charge in [0, 0.05) is 57.0 Å². The highest BCUT2D eigenvalue weighted by Crippen LogP contribution is 2.34. The van der Waals surface area contributed by atoms with E-state index in [1.54, 1.807) is 6.07 Å². The molecule has 0 aromatic carbocycles. The zero-order valence-corrected chi connectivity index (χ0v) is 23.1. The Kier molecular flexibility index (Phi) is 9.77. The number of hydrogen-bond donors (Lipinski definition) is 2. The number of hydrogen-bond acceptors (Lipinski definition) is 6. The molecule has 40 heavy (non-hydrogen) atoms. The molecule has 0 amide bonds. The molecule has 0 bridgehead atoms. The molecule has 4 rings (SSSR count). The fourth-order valence-corrected chi connectivity index (χ4v) is 4.36. The molecule has 9 nitrogen and oxygen atoms in total. The summed E-state index contributed by atoms with van der Waals surface area (Å²) in [6.45, 7) is 6.69. The first-order valence-corrected chi connectivity index (χ1v) is 15.9. The van der Waals surface area contributed by atoms with Crippen LogP contribution >= 0.6 is 0 Å². The molecular weight excluding hydrogens is 545 g/mol. The van der Waals surface area contributed by atoms with Gasteiger partial charge in [-0.15, -0.1) is 0 Å². The second-order valence-electron chi connectivity index (χ2n) is 10.1. The van der Waals surface area contributed by atoms with Gasteiger partial charge in [0.15, 0.2) is 0 Å². The molecule has 13 heteroatoms. The number of carboxylic acid groups (broad SMARTS) is 2. The van der Waals surface area contributed by atoms with E-state index in [-0.39, 0.29) is 29.9 Å². The Hall–Kier alpha value is -4.10. The minimum Gasteiger partial charge on any atom is -0.478 e. The molecular formula is C27H29F3N4O5Si. The number of pyridine rings is 3. The first-order chi connectivity index (χ1) is 18.7. The summed E-state index contributed by atoms with van der Waals surface area (Å²) in [6, 6.07) is 9.24. The highest BCUT2D eigenvalue weighted by atomic mass is 28.3. The average Bonchev–Trinajstić information content (AvgIpc) is 3.25. The number of ether oxygens (including phenoxy) is 1. The molecule has 212 valence electrons. The quantitative estimate of drug-likeness (QED) is 0.189. The van der Waals surface area contributed by atoms with Crippen molar-refractivity contribution in [3.63, 3.8) is 0 Å². The van der Waals surface area contributed by atoms with Crippen molar-refractivity contribution in [2.45, 2.75) is 45.0 Å². The van der Waals surface area contributed by atoms with Gasteiger partial charge in [-0.1, -0.05) is 19.6 Å². The third kappa shape index (κ3) is 8.71. The molecule has 0 saturated heterocycles. The molecule has 0 fully saturated rings. The van der Waals surface area contributed by atoms with Crippen LogP contribution in [0.2, 0.25) is 25.7 Å². The van der Waals surface area contributed by atoms with Crippen molar-refractivity contribution in [2.24, 2.45) is 0 Å². The van der Waals surface area contributed by atoms with Gasteiger partial charge in [-0.05, 0) is 48.0 Å². The molecule has 0 aliphatic rings. The van der Waals surface area contributed by atoms with E-state index in [0.717, 1.165) is 16.7 Å². The van der Waals surface area contributed by atoms with E-state index >= 15 is 0 Å². The van der Waals surface area contributed by atoms with Crippen molar-refractivity contribution in [3.8, 4) is 0 Å². The summed E-state index contributed by atoms with van der Waals surface area (Å²) in [6.07, 6.45) is 1.48. The summed E-state index contributed by atoms with van der Waals surface area (Å²) in [7, 11) is -1.35. The van der Waals surface area contributed by atoms with Crippen LogP contribution in [0, 0.1) is 0 Å². The third-order valence-electron chi connectivity index (χ3n) is 5.67. The van der Waals surface area contributed by atoms with Gasteiger partial charge in [-0.3, -0.25) is 14.5 Å². The number of rotatable bonds is 9. The minimum atomic E-state index is -4.54. The molecule has 4 aromatic rings. The second kappa shape index (κ2) is 12.8. The van der Waals surface area contributed by atoms with Crippen molar-refractivity contribution < 1.29 is 37.7 Å². The minimum absolute atomic E-state index is 0.0972. The molecule has 0 atom stereocenters. The Morgan fingerprint density at radius 1 is 0.950 bits per heavy atom. The lowest BCUT2D eigenvalue weighted by Crippen LogP contribution is -2.22. The van der Waals surface area contributed by atoms with Crippen LogP contribution in [0.3, 0.4) is 0 Å². The molecule has 0 aliphatic carbocycles. The van der Waals surface area contributed by atoms with Crippen LogP contribution in [0.4, 0.5) is 13.2 Å². The number of aromatic carboxylic acids is 2. The van der Waals surface area contributed by atoms with Crippen LogP contribution in [0.5, 0.6) is 0 Å². The zero-order valence-electron chi connectivity index (χ0n) is 22.1. The third-order valence-corrected chi connectivity index (χ3v) is 7.38. The fraction of sp³-hybridized carbons (Fsp3) is 0.296. The van der Waals surface area contributed by atoms with E-state index in [1.807, 2.05) is 0 Å². The van der Waals surface area contributed by atoms with Crippen molar-refractivity contribution in [1.82, 2.24) is 19.5 Å². The van der Waals surface area contributed by atoms with E-state index in [1.165, 1.54) is 49.1 Å². The summed E-state index contributed by atoms with van der Waals surface area (Å²) in [5.41, 5.74) is 0.867. The highest BCUT2D eigenvalue weighted by Gasteiger charge is 2.36. The van der Waals surface area contributed by atoms with Gasteiger partial charge < -0.3 is 14.9 Å². The van der Waals surface area contributed by atoms with Crippen molar-refractivity contribution >= 4 is 31.0 Å². The van der Waals surface area contributed by atoms with Gasteiger partial charge in [-0.2, -0.15) is 13.2 Å². The lowest BCUT2D eigenvalue weighted by atomic mass is 10.1. The number of carbonyl (C=O) groups is 2. The van der Waals surface area contributed by atoms with Crippen LogP contribution < -0.4 is 0 Å². The van der Waals surface area contributed by atoms with Gasteiger partial charge in [0.25, 0.3) is 0 Å². The number of carboxylic acids is 2. The summed E-state index contributed by atoms with van der Waals surface area (Å²) in [5.74, 6) is -1.99. The predicted octanol–water partition coefficient (Wildman–Crippen LogP) is 5.83. The monoisotopic (exact) mass is 574 g/mol. The maximum absolute atomic E-state index is 13.6. The lowest BCUT2D eigenvalue weighted by Gasteiger charge is -2.17. The van der Waals surface area contributed by atoms with Crippen LogP contribution in [0.1, 0.15) is 37.7 Å². The molecule has 0 unspecified atom stereocenters. The van der Waals surface area contributed by atoms with Crippen LogP contribution in [-0.2, 0) is 24.1 Å². The van der Waals surface area contributed by atoms with Gasteiger partial charge in [0.2, 0.25) is 0 Å². The Balaban J connectivity index is 0.000000415. The number of halogens is 3. The molecule has 4 aromatic heterocycles. The van der Waals surface area contributed by atoms with E-state index in [9.17, 15) is 22.8 Å². The van der Waals surface area contributed by atoms with Gasteiger partial charge in [0.05, 0.1) is 11.1 Å². The second-order valence-corrected chi connectivity index (χ2v) is 15.7. The zero-order chi connectivity index (χ0) is 29.5. The Labute approximate surface area is 229 Å². The van der Waals surface area contributed by atoms with Crippen molar-refractivity contribution in [2.75, 3.05) is 6.61 Å². The number of nitrogens with zero attached hydrogens (tertiary/aromatic N) is 4. The topological polar surface area (TPSA) is 127 Å². The SMILES string of the molecule is C[Si](C)(C)CCOCn1c(C(F)(F)F)cc2cc(Cc3cc(C(=O)O)ccn3)cnc21.O=C(O)c1ccncc1. The summed E-state index contributed by atoms with van der Waals surface area (Å²) < 4.78 is 47.4. The van der Waals surface area contributed by atoms with Crippen molar-refractivity contribution in [3.05, 3.63) is 89.3 Å². The number of fused-ring (bicyclic) bond motifs is 1. The highest BCUT2D eigenvalue weighted by molar-refractivity contribution is 6.76. The summed E-state index contributed by atoms with van der Waals surface area (Å²) in [5, 5.41) is 17.8. The molecule has 0 saturated carbocycles. The lowest BCUT2D eigenvalue weighted by molar-refractivity contribution is -0.145. The summed E-state index contributed by atoms with van der Waals surface area (Å²) in [4.78, 5) is 33.3. The molecule has 0 spiro atoms. The van der Waals surface area contributed by atoms with Gasteiger partial charge in [0.1, 0.15) is 18.1 Å². The first kappa shape index (κ1) is 30.4. The molecule has 0 radical (unpaired) electrons. The standard InChI is InChI=1S/C21H24F3N3O3Si.C6H5NO2/c1-31(2,3)7-6-30-13-27-18(21(22,23)24)11-16-8-14(12-26-19(16)27)9-17-10-15(20(28)29)4-5-25-17;8-6(9)5-1-3-7-4-2-5/h4-5,8,10-12H,6-7,9,13H2,1-3H3,(H,28,29);1-4H,(H,8,9). The maximum Gasteiger partial charge on any atom is 0.431 e. The Bertz CT molecular complexity index is 1470. The number of alkyl halides is 3. The van der Waals surface area contributed by atoms with E-state index < -0.39 is 31.9 Å². The van der Waals surface area contributed by atoms with Crippen LogP contribution in [0.15, 0.2) is 61.2 Å². The maximum atomic E-state index is 13.6. The largest absolute Gasteiger partial charge is 0.478 e. The fourth-order valence-electron chi connectivity index (χ4n) is 3.60. The Morgan fingerprint density at radius 3 is 2.17 bits per heavy atom. The smallest absolute Gasteiger partial charge is 0.431 e. The predicted molar refractivity (Wildman–Crippen MR) is 144 cm³/mol. The van der Waals surface area contributed by atoms with Crippen molar-refractivity contribution in [1.29, 1.82) is 0 Å². The average molecular weight is 575 g/mol. The first-order valence-electron chi connectivity index (χ1n) is 12.2. The van der Waals surface area contributed by atoms with Gasteiger partial charge in [-0.25, -0.2) is 14.6 Å². The number of aromatic nitrogens is 4. The van der Waals surface area contributed by atoms with Crippen LogP contribution in [0.25, 0.3) is 11.0 Å². The van der Waals surface area contributed by atoms with E-state index in [2.05, 4.69) is 34.6 Å². The van der Waals surface area contributed by atoms with Crippen LogP contribution in [-0.4, -0.2) is 56.4 Å². The van der Waals surface area contributed by atoms with E-state index in [0.29, 0.717) is 23.3 Å².